The Balaban J connectivity index is -0.000000101. The van der Waals surface area contributed by atoms with Crippen molar-refractivity contribution >= 4 is 35.8 Å². The molecule has 0 aromatic carbocycles. The number of carboxylic acids is 3. The summed E-state index contributed by atoms with van der Waals surface area (Å²) < 4.78 is 12.5. The number of ether oxygens (including phenoxy) is 3. The number of hydrogen-bond donors (Lipinski definition) is 5. The summed E-state index contributed by atoms with van der Waals surface area (Å²) in [5, 5.41) is 37.6. The van der Waals surface area contributed by atoms with Gasteiger partial charge in [0.2, 0.25) is 0 Å². The van der Waals surface area contributed by atoms with Gasteiger partial charge >= 0.3 is 35.8 Å². The van der Waals surface area contributed by atoms with Crippen LogP contribution in [0.15, 0.2) is 36.5 Å². The van der Waals surface area contributed by atoms with Crippen LogP contribution in [0.5, 0.6) is 0 Å². The molecule has 178 valence electrons. The lowest BCUT2D eigenvalue weighted by atomic mass is 10.5. The van der Waals surface area contributed by atoms with E-state index >= 15 is 0 Å². The van der Waals surface area contributed by atoms with E-state index < -0.39 is 35.8 Å². The maximum absolute atomic E-state index is 10.3. The lowest BCUT2D eigenvalue weighted by Crippen LogP contribution is -1.98. The third-order valence-electron chi connectivity index (χ3n) is 1.69. The van der Waals surface area contributed by atoms with Gasteiger partial charge in [0.25, 0.3) is 0 Å². The Labute approximate surface area is 177 Å². The standard InChI is InChI=1S/C6H8O4.C5H6O4.C4H4O4.2CH4O/c1-9-5(7)3-4-6(8)10-2;1-9-5(8)3-2-4(6)7;5-3(6)1-2-4(7)8;2*1-2/h3-4H,1-2H3;2-3H,1H3,(H,6,7);1-2H,(H,5,6)(H,7,8);2*2H,1H3/b4-3+;3-2+;2-1+;;. The van der Waals surface area contributed by atoms with Gasteiger partial charge < -0.3 is 39.7 Å². The molecule has 0 unspecified atom stereocenters. The fourth-order valence-corrected chi connectivity index (χ4v) is 0.622. The number of hydrogen-bond acceptors (Lipinski definition) is 11. The van der Waals surface area contributed by atoms with Crippen LogP contribution < -0.4 is 0 Å². The summed E-state index contributed by atoms with van der Waals surface area (Å²) in [4.78, 5) is 59.6. The summed E-state index contributed by atoms with van der Waals surface area (Å²) >= 11 is 0. The van der Waals surface area contributed by atoms with Crippen LogP contribution in [0.2, 0.25) is 0 Å². The van der Waals surface area contributed by atoms with Crippen LogP contribution in [0.1, 0.15) is 0 Å². The van der Waals surface area contributed by atoms with Gasteiger partial charge in [-0.1, -0.05) is 0 Å². The molecule has 31 heavy (non-hydrogen) atoms. The zero-order valence-electron chi connectivity index (χ0n) is 17.4. The van der Waals surface area contributed by atoms with Crippen molar-refractivity contribution in [1.82, 2.24) is 0 Å². The first-order chi connectivity index (χ1) is 14.5. The smallest absolute Gasteiger partial charge is 0.330 e. The van der Waals surface area contributed by atoms with Crippen LogP contribution in [0.4, 0.5) is 0 Å². The van der Waals surface area contributed by atoms with Gasteiger partial charge in [0.15, 0.2) is 0 Å². The van der Waals surface area contributed by atoms with Crippen molar-refractivity contribution < 1.29 is 68.5 Å². The number of rotatable bonds is 6. The minimum absolute atomic E-state index is 0.558. The van der Waals surface area contributed by atoms with Gasteiger partial charge in [-0.15, -0.1) is 0 Å². The predicted octanol–water partition coefficient (Wildman–Crippen LogP) is -1.38. The Morgan fingerprint density at radius 1 is 0.452 bits per heavy atom. The summed E-state index contributed by atoms with van der Waals surface area (Å²) in [5.41, 5.74) is 0. The molecule has 5 N–H and O–H groups in total. The van der Waals surface area contributed by atoms with E-state index in [2.05, 4.69) is 14.2 Å². The van der Waals surface area contributed by atoms with Gasteiger partial charge in [-0.25, -0.2) is 28.8 Å². The summed E-state index contributed by atoms with van der Waals surface area (Å²) in [6.45, 7) is 0. The highest BCUT2D eigenvalue weighted by molar-refractivity contribution is 5.91. The van der Waals surface area contributed by atoms with E-state index in [1.165, 1.54) is 21.3 Å². The van der Waals surface area contributed by atoms with Crippen LogP contribution in [0.25, 0.3) is 0 Å². The fourth-order valence-electron chi connectivity index (χ4n) is 0.622. The number of carbonyl (C=O) groups excluding carboxylic acids is 3. The summed E-state index contributed by atoms with van der Waals surface area (Å²) in [5.74, 6) is -5.51. The second-order valence-electron chi connectivity index (χ2n) is 3.58. The average molecular weight is 454 g/mol. The molecule has 0 aliphatic rings. The van der Waals surface area contributed by atoms with Crippen LogP contribution in [-0.2, 0) is 43.0 Å². The lowest BCUT2D eigenvalue weighted by molar-refractivity contribution is -0.137. The van der Waals surface area contributed by atoms with E-state index in [0.29, 0.717) is 18.2 Å². The van der Waals surface area contributed by atoms with Crippen LogP contribution in [0.3, 0.4) is 0 Å². The zero-order valence-corrected chi connectivity index (χ0v) is 17.4. The minimum Gasteiger partial charge on any atom is -0.478 e. The summed E-state index contributed by atoms with van der Waals surface area (Å²) in [6.07, 6.45) is 4.65. The van der Waals surface area contributed by atoms with Gasteiger partial charge in [0.1, 0.15) is 0 Å². The molecule has 0 atom stereocenters. The highest BCUT2D eigenvalue weighted by atomic mass is 16.5. The van der Waals surface area contributed by atoms with Gasteiger partial charge in [0, 0.05) is 50.7 Å². The molecule has 0 aromatic heterocycles. The Morgan fingerprint density at radius 2 is 0.613 bits per heavy atom. The minimum atomic E-state index is -1.26. The molecule has 0 spiro atoms. The highest BCUT2D eigenvalue weighted by Crippen LogP contribution is 1.80. The molecule has 0 radical (unpaired) electrons. The predicted molar refractivity (Wildman–Crippen MR) is 103 cm³/mol. The van der Waals surface area contributed by atoms with Crippen molar-refractivity contribution in [1.29, 1.82) is 0 Å². The Morgan fingerprint density at radius 3 is 0.774 bits per heavy atom. The van der Waals surface area contributed by atoms with E-state index in [9.17, 15) is 28.8 Å². The van der Waals surface area contributed by atoms with Crippen molar-refractivity contribution in [3.63, 3.8) is 0 Å². The fraction of sp³-hybridized carbons (Fsp3) is 0.294. The molecule has 14 heteroatoms. The number of methoxy groups -OCH3 is 3. The molecule has 0 aliphatic carbocycles. The topological polar surface area (TPSA) is 231 Å². The average Bonchev–Trinajstić information content (AvgIpc) is 2.77. The molecule has 0 aromatic rings. The number of aliphatic hydroxyl groups excluding tert-OH is 2. The second-order valence-corrected chi connectivity index (χ2v) is 3.58. The highest BCUT2D eigenvalue weighted by Gasteiger charge is 1.94. The molecule has 14 nitrogen and oxygen atoms in total. The molecule has 0 saturated carbocycles. The van der Waals surface area contributed by atoms with Crippen molar-refractivity contribution in [2.45, 2.75) is 0 Å². The molecule has 0 amide bonds. The third-order valence-corrected chi connectivity index (χ3v) is 1.69. The largest absolute Gasteiger partial charge is 0.478 e. The number of esters is 3. The lowest BCUT2D eigenvalue weighted by Gasteiger charge is -1.89. The summed E-state index contributed by atoms with van der Waals surface area (Å²) in [7, 11) is 5.63. The first-order valence-corrected chi connectivity index (χ1v) is 7.36. The third kappa shape index (κ3) is 51.8. The van der Waals surface area contributed by atoms with Crippen molar-refractivity contribution in [3.8, 4) is 0 Å². The maximum Gasteiger partial charge on any atom is 0.330 e. The van der Waals surface area contributed by atoms with Crippen molar-refractivity contribution in [3.05, 3.63) is 36.5 Å². The molecular formula is C17H26O14. The van der Waals surface area contributed by atoms with Crippen LogP contribution >= 0.6 is 0 Å². The van der Waals surface area contributed by atoms with Crippen molar-refractivity contribution in [2.24, 2.45) is 0 Å². The van der Waals surface area contributed by atoms with E-state index in [4.69, 9.17) is 25.5 Å². The molecular weight excluding hydrogens is 428 g/mol. The van der Waals surface area contributed by atoms with E-state index in [1.54, 1.807) is 0 Å². The van der Waals surface area contributed by atoms with Crippen LogP contribution in [0, 0.1) is 0 Å². The second kappa shape index (κ2) is 30.7. The monoisotopic (exact) mass is 454 g/mol. The van der Waals surface area contributed by atoms with Crippen molar-refractivity contribution in [2.75, 3.05) is 35.5 Å². The SMILES string of the molecule is CO.CO.COC(=O)/C=C/C(=O)O.COC(=O)/C=C/C(=O)OC.O=C(O)/C=C/C(=O)O. The molecule has 0 fully saturated rings. The van der Waals surface area contributed by atoms with Gasteiger partial charge in [0.05, 0.1) is 21.3 Å². The van der Waals surface area contributed by atoms with Gasteiger partial charge in [-0.05, 0) is 0 Å². The van der Waals surface area contributed by atoms with Gasteiger partial charge in [-0.3, -0.25) is 0 Å². The first kappa shape index (κ1) is 37.7. The Hall–Kier alpha value is -4.04. The van der Waals surface area contributed by atoms with Crippen LogP contribution in [-0.4, -0.2) is 96.9 Å². The van der Waals surface area contributed by atoms with E-state index in [-0.39, 0.29) is 0 Å². The quantitative estimate of drug-likeness (QED) is 0.177. The maximum atomic E-state index is 10.3. The first-order valence-electron chi connectivity index (χ1n) is 7.36. The normalized spacial score (nSPS) is 8.61. The number of aliphatic carboxylic acids is 3. The van der Waals surface area contributed by atoms with E-state index in [1.807, 2.05) is 0 Å². The number of aliphatic hydroxyl groups is 2. The number of carboxylic acid groups (broad SMARTS) is 3. The zero-order chi connectivity index (χ0) is 25.8. The van der Waals surface area contributed by atoms with Gasteiger partial charge in [-0.2, -0.15) is 0 Å². The Bertz CT molecular complexity index is 582. The number of carbonyl (C=O) groups is 6. The summed E-state index contributed by atoms with van der Waals surface area (Å²) in [6, 6.07) is 0. The van der Waals surface area contributed by atoms with E-state index in [0.717, 1.165) is 32.4 Å². The molecule has 0 aliphatic heterocycles. The molecule has 0 rings (SSSR count). The molecule has 0 heterocycles. The molecule has 0 saturated heterocycles. The molecule has 0 bridgehead atoms. The Kier molecular flexibility index (Phi) is 37.3.